The average molecular weight is 887 g/mol. The van der Waals surface area contributed by atoms with E-state index < -0.39 is 35.0 Å². The highest BCUT2D eigenvalue weighted by atomic mass is 127. The molecule has 4 amide bonds. The molecule has 2 aliphatic carbocycles. The molecule has 2 saturated heterocycles. The van der Waals surface area contributed by atoms with Gasteiger partial charge in [-0.05, 0) is 126 Å². The van der Waals surface area contributed by atoms with E-state index in [1.165, 1.54) is 9.80 Å². The van der Waals surface area contributed by atoms with Crippen molar-refractivity contribution < 1.29 is 29.0 Å². The number of carbonyl (C=O) groups excluding carboxylic acids is 4. The number of hydrogen-bond acceptors (Lipinski definition) is 8. The molecule has 0 spiro atoms. The van der Waals surface area contributed by atoms with Crippen molar-refractivity contribution in [2.24, 2.45) is 36.1 Å². The van der Waals surface area contributed by atoms with E-state index in [9.17, 15) is 19.5 Å². The zero-order valence-corrected chi connectivity index (χ0v) is 33.9. The monoisotopic (exact) mass is 886 g/mol. The molecule has 3 fully saturated rings. The Morgan fingerprint density at radius 2 is 1.71 bits per heavy atom. The maximum absolute atomic E-state index is 15.1. The number of aromatic nitrogens is 2. The van der Waals surface area contributed by atoms with E-state index in [1.807, 2.05) is 56.3 Å². The number of nitrogens with zero attached hydrogens (tertiary/aromatic N) is 4. The molecule has 2 aliphatic heterocycles. The second-order valence-electron chi connectivity index (χ2n) is 15.0. The number of anilines is 2. The van der Waals surface area contributed by atoms with E-state index in [-0.39, 0.29) is 43.3 Å². The maximum Gasteiger partial charge on any atom is 0.242 e. The third-order valence-electron chi connectivity index (χ3n) is 12.1. The smallest absolute Gasteiger partial charge is 0.242 e. The number of aryl methyl sites for hydroxylation is 2. The molecule has 55 heavy (non-hydrogen) atoms. The molecule has 1 saturated carbocycles. The van der Waals surface area contributed by atoms with Crippen molar-refractivity contribution in [2.45, 2.75) is 32.6 Å². The van der Waals surface area contributed by atoms with Crippen LogP contribution in [0.3, 0.4) is 0 Å². The number of benzene rings is 3. The quantitative estimate of drug-likeness (QED) is 0.101. The third kappa shape index (κ3) is 5.46. The van der Waals surface area contributed by atoms with Crippen molar-refractivity contribution in [2.75, 3.05) is 23.0 Å². The number of aliphatic hydroxyl groups is 1. The van der Waals surface area contributed by atoms with Crippen LogP contribution in [0, 0.1) is 39.6 Å². The van der Waals surface area contributed by atoms with Crippen LogP contribution in [0.4, 0.5) is 11.5 Å². The highest BCUT2D eigenvalue weighted by Crippen LogP contribution is 2.64. The van der Waals surface area contributed by atoms with Gasteiger partial charge in [-0.1, -0.05) is 35.4 Å². The second-order valence-corrected chi connectivity index (χ2v) is 17.7. The van der Waals surface area contributed by atoms with Crippen LogP contribution in [0.15, 0.2) is 84.4 Å². The van der Waals surface area contributed by atoms with Gasteiger partial charge in [0.05, 0.1) is 40.3 Å². The lowest BCUT2D eigenvalue weighted by Crippen LogP contribution is -2.48. The molecule has 10 nitrogen and oxygen atoms in total. The average Bonchev–Trinajstić information content (AvgIpc) is 3.84. The zero-order chi connectivity index (χ0) is 38.5. The molecule has 6 atom stereocenters. The fourth-order valence-electron chi connectivity index (χ4n) is 9.59. The number of imide groups is 2. The van der Waals surface area contributed by atoms with E-state index in [4.69, 9.17) is 21.4 Å². The SMILES string of the molecule is Cc1c(-c2cc(N3C(=O)[C@@H]4C[C@@H]5C(=CC[C@@H]6C(=O)N(c7ccc(I)cc7)C(=O)[C@@H]65)[C@H](c5ccc(OCCO)cc5)[C@]4(C)C3=O)n(C)n2)sc2ccc(Cl)cc12. The molecular formula is C42H36ClIN4O6S. The first-order valence-corrected chi connectivity index (χ1v) is 20.5. The van der Waals surface area contributed by atoms with Crippen molar-refractivity contribution in [3.05, 3.63) is 104 Å². The Bertz CT molecular complexity index is 2480. The van der Waals surface area contributed by atoms with Crippen molar-refractivity contribution in [3.8, 4) is 16.3 Å². The summed E-state index contributed by atoms with van der Waals surface area (Å²) in [6.07, 6.45) is 2.66. The number of amides is 4. The molecule has 0 bridgehead atoms. The molecule has 3 aromatic carbocycles. The van der Waals surface area contributed by atoms with Crippen LogP contribution in [0.5, 0.6) is 5.75 Å². The Hall–Kier alpha value is -4.37. The van der Waals surface area contributed by atoms with Crippen LogP contribution < -0.4 is 14.5 Å². The number of halogens is 2. The number of thiophene rings is 1. The topological polar surface area (TPSA) is 122 Å². The Labute approximate surface area is 339 Å². The third-order valence-corrected chi connectivity index (χ3v) is 14.4. The molecule has 2 aromatic heterocycles. The predicted molar refractivity (Wildman–Crippen MR) is 219 cm³/mol. The molecule has 13 heteroatoms. The fraction of sp³-hybridized carbons (Fsp3) is 0.310. The van der Waals surface area contributed by atoms with Gasteiger partial charge in [0.2, 0.25) is 23.6 Å². The molecule has 280 valence electrons. The van der Waals surface area contributed by atoms with Crippen LogP contribution >= 0.6 is 45.5 Å². The van der Waals surface area contributed by atoms with E-state index in [0.717, 1.165) is 35.2 Å². The number of rotatable bonds is 7. The van der Waals surface area contributed by atoms with Gasteiger partial charge in [0, 0.05) is 32.3 Å². The lowest BCUT2D eigenvalue weighted by molar-refractivity contribution is -0.131. The van der Waals surface area contributed by atoms with Gasteiger partial charge in [-0.2, -0.15) is 5.10 Å². The van der Waals surface area contributed by atoms with Gasteiger partial charge in [0.15, 0.2) is 0 Å². The molecule has 0 unspecified atom stereocenters. The molecular weight excluding hydrogens is 851 g/mol. The number of carbonyl (C=O) groups is 4. The summed E-state index contributed by atoms with van der Waals surface area (Å²) in [5, 5.41) is 15.8. The van der Waals surface area contributed by atoms with Gasteiger partial charge >= 0.3 is 0 Å². The minimum Gasteiger partial charge on any atom is -0.491 e. The zero-order valence-electron chi connectivity index (χ0n) is 30.2. The van der Waals surface area contributed by atoms with E-state index in [0.29, 0.717) is 34.4 Å². The van der Waals surface area contributed by atoms with Gasteiger partial charge in [-0.3, -0.25) is 28.8 Å². The number of hydrogen-bond donors (Lipinski definition) is 1. The fourth-order valence-corrected chi connectivity index (χ4v) is 11.3. The minimum absolute atomic E-state index is 0.133. The summed E-state index contributed by atoms with van der Waals surface area (Å²) in [6.45, 7) is 3.89. The number of allylic oxidation sites excluding steroid dienone is 2. The van der Waals surface area contributed by atoms with E-state index >= 15 is 4.79 Å². The van der Waals surface area contributed by atoms with Gasteiger partial charge in [0.25, 0.3) is 0 Å². The highest BCUT2D eigenvalue weighted by Gasteiger charge is 2.68. The summed E-state index contributed by atoms with van der Waals surface area (Å²) in [5.41, 5.74) is 2.69. The van der Waals surface area contributed by atoms with E-state index in [1.54, 1.807) is 53.4 Å². The Balaban J connectivity index is 1.14. The molecule has 1 N–H and O–H groups in total. The first-order chi connectivity index (χ1) is 26.4. The first kappa shape index (κ1) is 36.3. The standard InChI is InChI=1S/C42H36ClIN4O6S/c1-21-29-18-23(43)6-15-33(29)55-37(21)32-20-34(46(3)45-32)48-39(51)31-19-30-27(36(42(31,2)41(48)53)22-4-11-26(12-5-22)54-17-16-49)13-14-28-35(30)40(52)47(38(28)50)25-9-7-24(44)8-10-25/h4-13,15,18,20,28,30-31,35-36,49H,14,16-17,19H2,1-3H3/t28-,30+,31-,35-,36-,42+/m0/s1. The van der Waals surface area contributed by atoms with Crippen molar-refractivity contribution in [1.29, 1.82) is 0 Å². The van der Waals surface area contributed by atoms with Gasteiger partial charge in [0.1, 0.15) is 23.9 Å². The van der Waals surface area contributed by atoms with Crippen LogP contribution in [-0.2, 0) is 26.2 Å². The van der Waals surface area contributed by atoms with Crippen LogP contribution in [0.25, 0.3) is 20.7 Å². The summed E-state index contributed by atoms with van der Waals surface area (Å²) in [4.78, 5) is 62.0. The Morgan fingerprint density at radius 3 is 2.44 bits per heavy atom. The molecule has 0 radical (unpaired) electrons. The second kappa shape index (κ2) is 13.4. The number of fused-ring (bicyclic) bond motifs is 5. The van der Waals surface area contributed by atoms with Crippen molar-refractivity contribution in [1.82, 2.24) is 9.78 Å². The lowest BCUT2D eigenvalue weighted by atomic mass is 9.51. The molecule has 4 heterocycles. The largest absolute Gasteiger partial charge is 0.491 e. The van der Waals surface area contributed by atoms with Crippen LogP contribution in [0.2, 0.25) is 5.02 Å². The highest BCUT2D eigenvalue weighted by molar-refractivity contribution is 14.1. The maximum atomic E-state index is 15.1. The predicted octanol–water partition coefficient (Wildman–Crippen LogP) is 7.67. The normalized spacial score (nSPS) is 26.1. The van der Waals surface area contributed by atoms with Crippen LogP contribution in [0.1, 0.15) is 36.8 Å². The summed E-state index contributed by atoms with van der Waals surface area (Å²) < 4.78 is 9.29. The Kier molecular flexibility index (Phi) is 8.83. The molecule has 4 aliphatic rings. The van der Waals surface area contributed by atoms with E-state index in [2.05, 4.69) is 28.7 Å². The summed E-state index contributed by atoms with van der Waals surface area (Å²) in [6, 6.07) is 22.3. The van der Waals surface area contributed by atoms with Gasteiger partial charge in [-0.15, -0.1) is 11.3 Å². The van der Waals surface area contributed by atoms with Crippen molar-refractivity contribution in [3.63, 3.8) is 0 Å². The summed E-state index contributed by atoms with van der Waals surface area (Å²) >= 11 is 10.1. The van der Waals surface area contributed by atoms with Gasteiger partial charge < -0.3 is 9.84 Å². The summed E-state index contributed by atoms with van der Waals surface area (Å²) in [5.74, 6) is -3.28. The van der Waals surface area contributed by atoms with Crippen molar-refractivity contribution >= 4 is 90.7 Å². The van der Waals surface area contributed by atoms with Crippen LogP contribution in [-0.4, -0.2) is 51.7 Å². The minimum atomic E-state index is -1.21. The number of aliphatic hydroxyl groups excluding tert-OH is 1. The van der Waals surface area contributed by atoms with Gasteiger partial charge in [-0.25, -0.2) is 4.90 Å². The molecule has 9 rings (SSSR count). The molecule has 5 aromatic rings. The first-order valence-electron chi connectivity index (χ1n) is 18.2. The number of ether oxygens (including phenoxy) is 1. The Morgan fingerprint density at radius 1 is 0.964 bits per heavy atom. The summed E-state index contributed by atoms with van der Waals surface area (Å²) in [7, 11) is 1.74. The lowest BCUT2D eigenvalue weighted by Gasteiger charge is -2.49.